The van der Waals surface area contributed by atoms with Gasteiger partial charge in [-0.25, -0.2) is 4.39 Å². The van der Waals surface area contributed by atoms with Crippen LogP contribution in [0.3, 0.4) is 0 Å². The fourth-order valence-electron chi connectivity index (χ4n) is 3.99. The highest BCUT2D eigenvalue weighted by Crippen LogP contribution is 2.39. The zero-order valence-corrected chi connectivity index (χ0v) is 17.3. The topological polar surface area (TPSA) is 75.4 Å². The Labute approximate surface area is 179 Å². The van der Waals surface area contributed by atoms with Gasteiger partial charge in [-0.15, -0.1) is 0 Å². The van der Waals surface area contributed by atoms with Gasteiger partial charge >= 0.3 is 5.97 Å². The summed E-state index contributed by atoms with van der Waals surface area (Å²) in [5, 5.41) is 13.1. The van der Waals surface area contributed by atoms with Gasteiger partial charge in [0.15, 0.2) is 5.78 Å². The van der Waals surface area contributed by atoms with Crippen LogP contribution in [0.15, 0.2) is 42.1 Å². The molecule has 1 saturated carbocycles. The van der Waals surface area contributed by atoms with Crippen molar-refractivity contribution in [1.29, 1.82) is 0 Å². The van der Waals surface area contributed by atoms with E-state index in [1.165, 1.54) is 10.7 Å². The summed E-state index contributed by atoms with van der Waals surface area (Å²) in [5.74, 6) is -1.25. The Morgan fingerprint density at radius 1 is 1.27 bits per heavy atom. The van der Waals surface area contributed by atoms with Gasteiger partial charge in [0.25, 0.3) is 0 Å². The van der Waals surface area contributed by atoms with Gasteiger partial charge in [-0.3, -0.25) is 19.2 Å². The predicted octanol–water partition coefficient (Wildman–Crippen LogP) is 3.21. The average Bonchev–Trinajstić information content (AvgIpc) is 3.48. The zero-order valence-electron chi connectivity index (χ0n) is 16.4. The highest BCUT2D eigenvalue weighted by atomic mass is 32.1. The second-order valence-corrected chi connectivity index (χ2v) is 8.53. The maximum absolute atomic E-state index is 14.6. The van der Waals surface area contributed by atoms with E-state index in [1.807, 2.05) is 11.0 Å². The van der Waals surface area contributed by atoms with Crippen LogP contribution in [0.4, 0.5) is 4.39 Å². The minimum absolute atomic E-state index is 0.00718. The number of carbonyl (C=O) groups excluding carboxylic acids is 1. The van der Waals surface area contributed by atoms with Crippen molar-refractivity contribution in [3.05, 3.63) is 59.2 Å². The lowest BCUT2D eigenvalue weighted by atomic mass is 9.93. The Kier molecular flexibility index (Phi) is 6.06. The van der Waals surface area contributed by atoms with E-state index in [4.69, 9.17) is 17.7 Å². The van der Waals surface area contributed by atoms with Gasteiger partial charge in [-0.2, -0.15) is 17.7 Å². The number of ketones is 1. The molecule has 2 aromatic rings. The first-order valence-corrected chi connectivity index (χ1v) is 10.6. The summed E-state index contributed by atoms with van der Waals surface area (Å²) < 4.78 is 16.0. The molecule has 0 radical (unpaired) electrons. The molecule has 1 aliphatic heterocycles. The minimum Gasteiger partial charge on any atom is -0.480 e. The molecule has 2 fully saturated rings. The highest BCUT2D eigenvalue weighted by molar-refractivity contribution is 7.81. The van der Waals surface area contributed by atoms with Crippen LogP contribution in [0, 0.1) is 11.7 Å². The third kappa shape index (κ3) is 4.49. The molecule has 2 unspecified atom stereocenters. The number of thiol groups is 1. The molecule has 0 amide bonds. The molecule has 158 valence electrons. The summed E-state index contributed by atoms with van der Waals surface area (Å²) in [5.41, 5.74) is 2.05. The van der Waals surface area contributed by atoms with Gasteiger partial charge in [0.1, 0.15) is 12.4 Å². The van der Waals surface area contributed by atoms with Gasteiger partial charge in [-0.05, 0) is 43.0 Å². The standard InChI is InChI=1S/C22H24FN3O3S/c23-18-4-2-1-3-17(18)21(22(29)14-5-6-14)25-10-8-19(30)15(12-25)11-16-7-9-24-26(16)13-20(27)28/h1-4,7,9,11,14,19,21,30H,5-6,8,10,12-13H2,(H,27,28)/b15-11+. The first-order valence-electron chi connectivity index (χ1n) is 10.1. The predicted molar refractivity (Wildman–Crippen MR) is 114 cm³/mol. The van der Waals surface area contributed by atoms with E-state index in [1.54, 1.807) is 30.5 Å². The molecule has 4 rings (SSSR count). The molecule has 1 aliphatic carbocycles. The lowest BCUT2D eigenvalue weighted by molar-refractivity contribution is -0.138. The molecular weight excluding hydrogens is 405 g/mol. The average molecular weight is 430 g/mol. The number of carboxylic acid groups (broad SMARTS) is 1. The summed E-state index contributed by atoms with van der Waals surface area (Å²) in [6.45, 7) is 0.867. The smallest absolute Gasteiger partial charge is 0.325 e. The summed E-state index contributed by atoms with van der Waals surface area (Å²) in [4.78, 5) is 26.2. The number of nitrogens with zero attached hydrogens (tertiary/aromatic N) is 3. The van der Waals surface area contributed by atoms with Crippen LogP contribution in [0.1, 0.15) is 36.6 Å². The summed E-state index contributed by atoms with van der Waals surface area (Å²) >= 11 is 4.69. The van der Waals surface area contributed by atoms with E-state index in [2.05, 4.69) is 5.10 Å². The number of carboxylic acids is 1. The van der Waals surface area contributed by atoms with Crippen molar-refractivity contribution in [2.45, 2.75) is 37.1 Å². The fraction of sp³-hybridized carbons (Fsp3) is 0.409. The Bertz CT molecular complexity index is 986. The number of benzene rings is 1. The maximum atomic E-state index is 14.6. The molecular formula is C22H24FN3O3S. The van der Waals surface area contributed by atoms with E-state index in [9.17, 15) is 14.0 Å². The lowest BCUT2D eigenvalue weighted by Crippen LogP contribution is -2.42. The van der Waals surface area contributed by atoms with E-state index >= 15 is 0 Å². The molecule has 6 nitrogen and oxygen atoms in total. The Hall–Kier alpha value is -2.45. The van der Waals surface area contributed by atoms with Crippen LogP contribution in [0.2, 0.25) is 0 Å². The van der Waals surface area contributed by atoms with Crippen molar-refractivity contribution in [2.24, 2.45) is 5.92 Å². The number of aromatic nitrogens is 2. The van der Waals surface area contributed by atoms with Crippen LogP contribution in [0.25, 0.3) is 6.08 Å². The summed E-state index contributed by atoms with van der Waals surface area (Å²) in [6, 6.07) is 7.61. The molecule has 2 heterocycles. The quantitative estimate of drug-likeness (QED) is 0.661. The third-order valence-electron chi connectivity index (χ3n) is 5.69. The Balaban J connectivity index is 1.64. The maximum Gasteiger partial charge on any atom is 0.325 e. The fourth-order valence-corrected chi connectivity index (χ4v) is 4.26. The number of rotatable bonds is 7. The van der Waals surface area contributed by atoms with Crippen molar-refractivity contribution in [1.82, 2.24) is 14.7 Å². The number of hydrogen-bond acceptors (Lipinski definition) is 5. The van der Waals surface area contributed by atoms with E-state index < -0.39 is 12.0 Å². The van der Waals surface area contributed by atoms with E-state index in [0.29, 0.717) is 30.8 Å². The second kappa shape index (κ2) is 8.73. The highest BCUT2D eigenvalue weighted by Gasteiger charge is 2.40. The number of aliphatic carboxylic acids is 1. The first kappa shape index (κ1) is 20.8. The second-order valence-electron chi connectivity index (χ2n) is 7.90. The molecule has 8 heteroatoms. The van der Waals surface area contributed by atoms with Crippen molar-refractivity contribution in [3.63, 3.8) is 0 Å². The number of carbonyl (C=O) groups is 2. The SMILES string of the molecule is O=C(O)Cn1nccc1/C=C1\CN(C(C(=O)C2CC2)c2ccccc2F)CCC1S. The normalized spacial score (nSPS) is 22.2. The van der Waals surface area contributed by atoms with Crippen LogP contribution in [0.5, 0.6) is 0 Å². The van der Waals surface area contributed by atoms with Crippen LogP contribution in [-0.4, -0.2) is 49.9 Å². The number of halogens is 1. The first-order chi connectivity index (χ1) is 14.4. The molecule has 2 atom stereocenters. The van der Waals surface area contributed by atoms with Crippen LogP contribution >= 0.6 is 12.6 Å². The molecule has 1 N–H and O–H groups in total. The van der Waals surface area contributed by atoms with E-state index in [0.717, 1.165) is 18.4 Å². The van der Waals surface area contributed by atoms with Crippen molar-refractivity contribution >= 4 is 30.5 Å². The molecule has 30 heavy (non-hydrogen) atoms. The Morgan fingerprint density at radius 2 is 2.03 bits per heavy atom. The number of likely N-dealkylation sites (tertiary alicyclic amines) is 1. The Morgan fingerprint density at radius 3 is 2.73 bits per heavy atom. The van der Waals surface area contributed by atoms with Gasteiger partial charge in [0, 0.05) is 36.0 Å². The van der Waals surface area contributed by atoms with Gasteiger partial charge < -0.3 is 5.11 Å². The van der Waals surface area contributed by atoms with E-state index in [-0.39, 0.29) is 29.3 Å². The minimum atomic E-state index is -0.972. The van der Waals surface area contributed by atoms with Crippen LogP contribution < -0.4 is 0 Å². The molecule has 1 saturated heterocycles. The number of Topliss-reactive ketones (excluding diaryl/α,β-unsaturated/α-hetero) is 1. The third-order valence-corrected chi connectivity index (χ3v) is 6.28. The molecule has 0 spiro atoms. The number of hydrogen-bond donors (Lipinski definition) is 2. The molecule has 0 bridgehead atoms. The van der Waals surface area contributed by atoms with Gasteiger partial charge in [0.2, 0.25) is 0 Å². The van der Waals surface area contributed by atoms with Gasteiger partial charge in [-0.1, -0.05) is 18.2 Å². The largest absolute Gasteiger partial charge is 0.480 e. The molecule has 1 aromatic carbocycles. The monoisotopic (exact) mass is 429 g/mol. The summed E-state index contributed by atoms with van der Waals surface area (Å²) in [7, 11) is 0. The van der Waals surface area contributed by atoms with Crippen molar-refractivity contribution < 1.29 is 19.1 Å². The molecule has 1 aromatic heterocycles. The van der Waals surface area contributed by atoms with Gasteiger partial charge in [0.05, 0.1) is 11.7 Å². The van der Waals surface area contributed by atoms with Crippen LogP contribution in [-0.2, 0) is 16.1 Å². The molecule has 2 aliphatic rings. The zero-order chi connectivity index (χ0) is 21.3. The number of piperidine rings is 1. The van der Waals surface area contributed by atoms with Crippen molar-refractivity contribution in [3.8, 4) is 0 Å². The summed E-state index contributed by atoms with van der Waals surface area (Å²) in [6.07, 6.45) is 5.89. The lowest BCUT2D eigenvalue weighted by Gasteiger charge is -2.37. The van der Waals surface area contributed by atoms with Crippen molar-refractivity contribution in [2.75, 3.05) is 13.1 Å².